The van der Waals surface area contributed by atoms with Gasteiger partial charge in [-0.25, -0.2) is 4.98 Å². The number of ether oxygens (including phenoxy) is 2. The van der Waals surface area contributed by atoms with Crippen LogP contribution in [0.2, 0.25) is 0 Å². The van der Waals surface area contributed by atoms with Gasteiger partial charge in [-0.2, -0.15) is 0 Å². The van der Waals surface area contributed by atoms with Gasteiger partial charge < -0.3 is 14.8 Å². The number of carbonyl (C=O) groups is 1. The van der Waals surface area contributed by atoms with Gasteiger partial charge in [0.05, 0.1) is 25.0 Å². The van der Waals surface area contributed by atoms with Crippen LogP contribution in [0.5, 0.6) is 11.5 Å². The van der Waals surface area contributed by atoms with Crippen molar-refractivity contribution >= 4 is 17.7 Å². The zero-order valence-electron chi connectivity index (χ0n) is 15.1. The molecule has 7 nitrogen and oxygen atoms in total. The predicted molar refractivity (Wildman–Crippen MR) is 98.1 cm³/mol. The molecule has 0 fully saturated rings. The van der Waals surface area contributed by atoms with Crippen LogP contribution in [0.4, 0.5) is 0 Å². The van der Waals surface area contributed by atoms with Gasteiger partial charge >= 0.3 is 0 Å². The lowest BCUT2D eigenvalue weighted by Crippen LogP contribution is -2.33. The molecule has 25 heavy (non-hydrogen) atoms. The molecule has 1 aromatic heterocycles. The second-order valence-electron chi connectivity index (χ2n) is 5.93. The average Bonchev–Trinajstić information content (AvgIpc) is 3.06. The number of nitrogens with one attached hydrogen (secondary N) is 2. The van der Waals surface area contributed by atoms with Gasteiger partial charge in [-0.15, -0.1) is 5.10 Å². The van der Waals surface area contributed by atoms with E-state index < -0.39 is 0 Å². The van der Waals surface area contributed by atoms with E-state index in [4.69, 9.17) is 9.47 Å². The second-order valence-corrected chi connectivity index (χ2v) is 7.24. The third kappa shape index (κ3) is 5.12. The number of aromatic nitrogens is 3. The van der Waals surface area contributed by atoms with Crippen LogP contribution in [0.25, 0.3) is 11.4 Å². The second kappa shape index (κ2) is 8.75. The SMILES string of the molecule is COc1ccc(-c2nc(S[C@@H](C)C(=O)NCC(C)C)n[nH]2)c(OC)c1. The summed E-state index contributed by atoms with van der Waals surface area (Å²) in [4.78, 5) is 16.5. The molecular weight excluding hydrogens is 340 g/mol. The Kier molecular flexibility index (Phi) is 6.69. The Bertz CT molecular complexity index is 718. The predicted octanol–water partition coefficient (Wildman–Crippen LogP) is 2.74. The lowest BCUT2D eigenvalue weighted by Gasteiger charge is -2.11. The number of methoxy groups -OCH3 is 2. The van der Waals surface area contributed by atoms with E-state index in [1.54, 1.807) is 20.3 Å². The van der Waals surface area contributed by atoms with Crippen molar-refractivity contribution in [3.63, 3.8) is 0 Å². The molecule has 8 heteroatoms. The average molecular weight is 364 g/mol. The summed E-state index contributed by atoms with van der Waals surface area (Å²) in [6, 6.07) is 5.47. The van der Waals surface area contributed by atoms with Crippen molar-refractivity contribution in [1.29, 1.82) is 0 Å². The fraction of sp³-hybridized carbons (Fsp3) is 0.471. The van der Waals surface area contributed by atoms with Crippen molar-refractivity contribution < 1.29 is 14.3 Å². The number of hydrogen-bond acceptors (Lipinski definition) is 6. The fourth-order valence-corrected chi connectivity index (χ4v) is 2.82. The number of rotatable bonds is 8. The number of carbonyl (C=O) groups excluding carboxylic acids is 1. The van der Waals surface area contributed by atoms with E-state index in [2.05, 4.69) is 34.3 Å². The molecule has 2 aromatic rings. The highest BCUT2D eigenvalue weighted by Crippen LogP contribution is 2.32. The van der Waals surface area contributed by atoms with Gasteiger partial charge in [-0.1, -0.05) is 25.6 Å². The lowest BCUT2D eigenvalue weighted by atomic mass is 10.2. The van der Waals surface area contributed by atoms with Crippen molar-refractivity contribution in [3.05, 3.63) is 18.2 Å². The molecule has 0 aliphatic rings. The van der Waals surface area contributed by atoms with Gasteiger partial charge in [0.25, 0.3) is 0 Å². The smallest absolute Gasteiger partial charge is 0.233 e. The van der Waals surface area contributed by atoms with Crippen LogP contribution >= 0.6 is 11.8 Å². The number of thioether (sulfide) groups is 1. The normalized spacial score (nSPS) is 12.1. The highest BCUT2D eigenvalue weighted by Gasteiger charge is 2.18. The van der Waals surface area contributed by atoms with E-state index in [-0.39, 0.29) is 11.2 Å². The van der Waals surface area contributed by atoms with Crippen molar-refractivity contribution in [2.45, 2.75) is 31.2 Å². The van der Waals surface area contributed by atoms with Crippen molar-refractivity contribution in [3.8, 4) is 22.9 Å². The summed E-state index contributed by atoms with van der Waals surface area (Å²) in [7, 11) is 3.19. The van der Waals surface area contributed by atoms with Gasteiger partial charge in [0.1, 0.15) is 11.5 Å². The Morgan fingerprint density at radius 1 is 1.28 bits per heavy atom. The first-order valence-electron chi connectivity index (χ1n) is 8.03. The third-order valence-corrected chi connectivity index (χ3v) is 4.43. The number of H-pyrrole nitrogens is 1. The molecule has 136 valence electrons. The van der Waals surface area contributed by atoms with Crippen LogP contribution in [-0.2, 0) is 4.79 Å². The van der Waals surface area contributed by atoms with Gasteiger partial charge in [0.2, 0.25) is 11.1 Å². The molecule has 0 saturated heterocycles. The molecule has 0 aliphatic heterocycles. The summed E-state index contributed by atoms with van der Waals surface area (Å²) < 4.78 is 10.6. The molecule has 0 aliphatic carbocycles. The maximum atomic E-state index is 12.1. The molecule has 0 spiro atoms. The first kappa shape index (κ1) is 19.1. The molecule has 0 radical (unpaired) electrons. The van der Waals surface area contributed by atoms with Gasteiger partial charge in [-0.05, 0) is 25.0 Å². The molecule has 1 aromatic carbocycles. The van der Waals surface area contributed by atoms with E-state index in [1.807, 2.05) is 19.1 Å². The van der Waals surface area contributed by atoms with Crippen LogP contribution in [0.15, 0.2) is 23.4 Å². The molecule has 2 rings (SSSR count). The standard InChI is InChI=1S/C17H24N4O3S/c1-10(2)9-18-16(22)11(3)25-17-19-15(20-21-17)13-7-6-12(23-4)8-14(13)24-5/h6-8,10-11H,9H2,1-5H3,(H,18,22)(H,19,20,21)/t11-/m0/s1. The quantitative estimate of drug-likeness (QED) is 0.700. The molecule has 0 unspecified atom stereocenters. The first-order valence-corrected chi connectivity index (χ1v) is 8.91. The largest absolute Gasteiger partial charge is 0.497 e. The maximum Gasteiger partial charge on any atom is 0.233 e. The third-order valence-electron chi connectivity index (χ3n) is 3.46. The van der Waals surface area contributed by atoms with E-state index in [1.165, 1.54) is 11.8 Å². The molecule has 0 saturated carbocycles. The highest BCUT2D eigenvalue weighted by molar-refractivity contribution is 8.00. The number of amides is 1. The highest BCUT2D eigenvalue weighted by atomic mass is 32.2. The summed E-state index contributed by atoms with van der Waals surface area (Å²) in [5.74, 6) is 2.31. The Morgan fingerprint density at radius 3 is 2.68 bits per heavy atom. The summed E-state index contributed by atoms with van der Waals surface area (Å²) in [6.07, 6.45) is 0. The van der Waals surface area contributed by atoms with Crippen LogP contribution in [-0.4, -0.2) is 47.1 Å². The number of nitrogens with zero attached hydrogens (tertiary/aromatic N) is 2. The molecule has 1 amide bonds. The minimum Gasteiger partial charge on any atom is -0.497 e. The van der Waals surface area contributed by atoms with Crippen LogP contribution < -0.4 is 14.8 Å². The zero-order chi connectivity index (χ0) is 18.4. The Morgan fingerprint density at radius 2 is 2.04 bits per heavy atom. The van der Waals surface area contributed by atoms with E-state index in [0.29, 0.717) is 34.9 Å². The molecular formula is C17H24N4O3S. The van der Waals surface area contributed by atoms with Gasteiger partial charge in [-0.3, -0.25) is 9.89 Å². The minimum atomic E-state index is -0.278. The Hall–Kier alpha value is -2.22. The maximum absolute atomic E-state index is 12.1. The first-order chi connectivity index (χ1) is 11.9. The molecule has 1 heterocycles. The Balaban J connectivity index is 2.08. The number of aromatic amines is 1. The molecule has 2 N–H and O–H groups in total. The number of hydrogen-bond donors (Lipinski definition) is 2. The topological polar surface area (TPSA) is 89.1 Å². The monoisotopic (exact) mass is 364 g/mol. The summed E-state index contributed by atoms with van der Waals surface area (Å²) >= 11 is 1.31. The molecule has 1 atom stereocenters. The summed E-state index contributed by atoms with van der Waals surface area (Å²) in [5, 5.41) is 10.2. The Labute approximate surface area is 151 Å². The summed E-state index contributed by atoms with van der Waals surface area (Å²) in [6.45, 7) is 6.61. The van der Waals surface area contributed by atoms with E-state index in [0.717, 1.165) is 5.56 Å². The van der Waals surface area contributed by atoms with Gasteiger partial charge in [0, 0.05) is 12.6 Å². The number of benzene rings is 1. The van der Waals surface area contributed by atoms with Crippen LogP contribution in [0, 0.1) is 5.92 Å². The van der Waals surface area contributed by atoms with Crippen LogP contribution in [0.3, 0.4) is 0 Å². The zero-order valence-corrected chi connectivity index (χ0v) is 15.9. The lowest BCUT2D eigenvalue weighted by molar-refractivity contribution is -0.120. The fourth-order valence-electron chi connectivity index (χ4n) is 2.07. The van der Waals surface area contributed by atoms with E-state index >= 15 is 0 Å². The van der Waals surface area contributed by atoms with Gasteiger partial charge in [0.15, 0.2) is 5.82 Å². The van der Waals surface area contributed by atoms with E-state index in [9.17, 15) is 4.79 Å². The van der Waals surface area contributed by atoms with Crippen molar-refractivity contribution in [1.82, 2.24) is 20.5 Å². The summed E-state index contributed by atoms with van der Waals surface area (Å²) in [5.41, 5.74) is 0.777. The molecule has 0 bridgehead atoms. The van der Waals surface area contributed by atoms with Crippen LogP contribution in [0.1, 0.15) is 20.8 Å². The minimum absolute atomic E-state index is 0.0212. The van der Waals surface area contributed by atoms with Crippen molar-refractivity contribution in [2.24, 2.45) is 5.92 Å². The van der Waals surface area contributed by atoms with Crippen molar-refractivity contribution in [2.75, 3.05) is 20.8 Å².